The topological polar surface area (TPSA) is 62.2 Å². The van der Waals surface area contributed by atoms with Gasteiger partial charge in [-0.3, -0.25) is 0 Å². The Balaban J connectivity index is 2.13. The van der Waals surface area contributed by atoms with Gasteiger partial charge in [-0.15, -0.1) is 0 Å². The summed E-state index contributed by atoms with van der Waals surface area (Å²) in [4.78, 5) is 15.6. The molecule has 7 heteroatoms. The molecule has 2 aromatic rings. The number of carbonyl (C=O) groups is 1. The van der Waals surface area contributed by atoms with Gasteiger partial charge in [0.05, 0.1) is 11.3 Å². The van der Waals surface area contributed by atoms with E-state index in [0.29, 0.717) is 18.0 Å². The fourth-order valence-corrected chi connectivity index (χ4v) is 2.55. The Morgan fingerprint density at radius 3 is 2.44 bits per heavy atom. The van der Waals surface area contributed by atoms with E-state index in [-0.39, 0.29) is 11.5 Å². The number of nitrogens with one attached hydrogen (secondary N) is 1. The third-order valence-corrected chi connectivity index (χ3v) is 4.14. The fraction of sp³-hybridized carbons (Fsp3) is 0.333. The molecule has 1 aromatic carbocycles. The zero-order valence-corrected chi connectivity index (χ0v) is 13.5. The number of aromatic nitrogens is 1. The van der Waals surface area contributed by atoms with Crippen molar-refractivity contribution < 1.29 is 23.1 Å². The highest BCUT2D eigenvalue weighted by atomic mass is 19.4. The molecule has 1 aliphatic rings. The van der Waals surface area contributed by atoms with Crippen molar-refractivity contribution in [3.8, 4) is 11.3 Å². The van der Waals surface area contributed by atoms with Crippen molar-refractivity contribution in [1.82, 2.24) is 4.98 Å². The van der Waals surface area contributed by atoms with Crippen LogP contribution in [-0.2, 0) is 6.18 Å². The van der Waals surface area contributed by atoms with E-state index >= 15 is 0 Å². The standard InChI is InChI=1S/C18H17F3N2O2/c1-10-2-6-12(7-3-10)14-8-13(18(19,20)21)15(17(24)25)16(23-14)22-9-11-4-5-11/h2-3,6-8,11H,4-5,9H2,1H3,(H,22,23)(H,24,25). The van der Waals surface area contributed by atoms with Crippen LogP contribution in [0.5, 0.6) is 0 Å². The molecule has 1 aliphatic carbocycles. The van der Waals surface area contributed by atoms with Crippen molar-refractivity contribution in [3.05, 3.63) is 47.0 Å². The molecular formula is C18H17F3N2O2. The number of rotatable bonds is 5. The summed E-state index contributed by atoms with van der Waals surface area (Å²) in [7, 11) is 0. The SMILES string of the molecule is Cc1ccc(-c2cc(C(F)(F)F)c(C(=O)O)c(NCC3CC3)n2)cc1. The van der Waals surface area contributed by atoms with Crippen LogP contribution in [0, 0.1) is 12.8 Å². The number of carboxylic acids is 1. The largest absolute Gasteiger partial charge is 0.478 e. The lowest BCUT2D eigenvalue weighted by molar-refractivity contribution is -0.138. The molecule has 0 atom stereocenters. The number of benzene rings is 1. The Kier molecular flexibility index (Phi) is 4.41. The predicted octanol–water partition coefficient (Wildman–Crippen LogP) is 4.60. The Labute approximate surface area is 142 Å². The number of alkyl halides is 3. The number of carboxylic acid groups (broad SMARTS) is 1. The van der Waals surface area contributed by atoms with E-state index in [1.165, 1.54) is 0 Å². The van der Waals surface area contributed by atoms with Crippen LogP contribution in [0.15, 0.2) is 30.3 Å². The van der Waals surface area contributed by atoms with Gasteiger partial charge in [0.2, 0.25) is 0 Å². The first-order chi connectivity index (χ1) is 11.8. The summed E-state index contributed by atoms with van der Waals surface area (Å²) >= 11 is 0. The minimum Gasteiger partial charge on any atom is -0.478 e. The number of aromatic carboxylic acids is 1. The number of pyridine rings is 1. The molecule has 0 radical (unpaired) electrons. The van der Waals surface area contributed by atoms with Crippen LogP contribution in [0.3, 0.4) is 0 Å². The van der Waals surface area contributed by atoms with E-state index < -0.39 is 23.3 Å². The highest BCUT2D eigenvalue weighted by Crippen LogP contribution is 2.38. The van der Waals surface area contributed by atoms with Gasteiger partial charge in [0.1, 0.15) is 11.4 Å². The van der Waals surface area contributed by atoms with Gasteiger partial charge in [-0.2, -0.15) is 13.2 Å². The second-order valence-electron chi connectivity index (χ2n) is 6.27. The van der Waals surface area contributed by atoms with Gasteiger partial charge in [-0.25, -0.2) is 9.78 Å². The van der Waals surface area contributed by atoms with Crippen molar-refractivity contribution in [2.75, 3.05) is 11.9 Å². The molecule has 0 amide bonds. The fourth-order valence-electron chi connectivity index (χ4n) is 2.55. The molecule has 1 aromatic heterocycles. The van der Waals surface area contributed by atoms with Crippen LogP contribution in [0.4, 0.5) is 19.0 Å². The molecule has 0 saturated heterocycles. The Morgan fingerprint density at radius 1 is 1.28 bits per heavy atom. The summed E-state index contributed by atoms with van der Waals surface area (Å²) in [6, 6.07) is 7.68. The molecule has 0 unspecified atom stereocenters. The van der Waals surface area contributed by atoms with Gasteiger partial charge >= 0.3 is 12.1 Å². The second-order valence-corrected chi connectivity index (χ2v) is 6.27. The number of hydrogen-bond donors (Lipinski definition) is 2. The Morgan fingerprint density at radius 2 is 1.92 bits per heavy atom. The van der Waals surface area contributed by atoms with Crippen LogP contribution in [0.1, 0.15) is 34.3 Å². The molecular weight excluding hydrogens is 333 g/mol. The van der Waals surface area contributed by atoms with Crippen LogP contribution in [0.2, 0.25) is 0 Å². The highest BCUT2D eigenvalue weighted by Gasteiger charge is 2.38. The molecule has 132 valence electrons. The van der Waals surface area contributed by atoms with Crippen molar-refractivity contribution in [2.24, 2.45) is 5.92 Å². The van der Waals surface area contributed by atoms with Crippen molar-refractivity contribution >= 4 is 11.8 Å². The predicted molar refractivity (Wildman–Crippen MR) is 87.6 cm³/mol. The summed E-state index contributed by atoms with van der Waals surface area (Å²) < 4.78 is 40.3. The highest BCUT2D eigenvalue weighted by molar-refractivity contribution is 5.96. The zero-order valence-electron chi connectivity index (χ0n) is 13.5. The van der Waals surface area contributed by atoms with Crippen molar-refractivity contribution in [1.29, 1.82) is 0 Å². The summed E-state index contributed by atoms with van der Waals surface area (Å²) in [5, 5.41) is 12.1. The summed E-state index contributed by atoms with van der Waals surface area (Å²) in [5.74, 6) is -1.51. The summed E-state index contributed by atoms with van der Waals surface area (Å²) in [6.07, 6.45) is -2.81. The molecule has 0 spiro atoms. The van der Waals surface area contributed by atoms with Gasteiger partial charge < -0.3 is 10.4 Å². The molecule has 1 fully saturated rings. The third-order valence-electron chi connectivity index (χ3n) is 4.14. The van der Waals surface area contributed by atoms with Crippen LogP contribution in [-0.4, -0.2) is 22.6 Å². The monoisotopic (exact) mass is 350 g/mol. The lowest BCUT2D eigenvalue weighted by atomic mass is 10.0. The van der Waals surface area contributed by atoms with Crippen LogP contribution in [0.25, 0.3) is 11.3 Å². The van der Waals surface area contributed by atoms with E-state index in [2.05, 4.69) is 10.3 Å². The first-order valence-corrected chi connectivity index (χ1v) is 7.92. The lowest BCUT2D eigenvalue weighted by Crippen LogP contribution is -2.18. The lowest BCUT2D eigenvalue weighted by Gasteiger charge is -2.17. The zero-order chi connectivity index (χ0) is 18.2. The van der Waals surface area contributed by atoms with Crippen LogP contribution < -0.4 is 5.32 Å². The van der Waals surface area contributed by atoms with Crippen molar-refractivity contribution in [3.63, 3.8) is 0 Å². The van der Waals surface area contributed by atoms with E-state index in [1.54, 1.807) is 24.3 Å². The minimum absolute atomic E-state index is 0.0932. The first kappa shape index (κ1) is 17.3. The molecule has 1 saturated carbocycles. The number of anilines is 1. The normalized spacial score (nSPS) is 14.4. The third kappa shape index (κ3) is 3.92. The smallest absolute Gasteiger partial charge is 0.417 e. The second kappa shape index (κ2) is 6.38. The van der Waals surface area contributed by atoms with E-state index in [9.17, 15) is 23.1 Å². The maximum absolute atomic E-state index is 13.4. The average molecular weight is 350 g/mol. The van der Waals surface area contributed by atoms with Gasteiger partial charge in [0.25, 0.3) is 0 Å². The Hall–Kier alpha value is -2.57. The minimum atomic E-state index is -4.79. The maximum Gasteiger partial charge on any atom is 0.417 e. The maximum atomic E-state index is 13.4. The number of nitrogens with zero attached hydrogens (tertiary/aromatic N) is 1. The van der Waals surface area contributed by atoms with E-state index in [4.69, 9.17) is 0 Å². The first-order valence-electron chi connectivity index (χ1n) is 7.92. The molecule has 3 rings (SSSR count). The molecule has 1 heterocycles. The molecule has 0 aliphatic heterocycles. The number of hydrogen-bond acceptors (Lipinski definition) is 3. The van der Waals surface area contributed by atoms with E-state index in [1.807, 2.05) is 6.92 Å². The molecule has 0 bridgehead atoms. The Bertz CT molecular complexity index is 797. The van der Waals surface area contributed by atoms with Crippen molar-refractivity contribution in [2.45, 2.75) is 25.9 Å². The number of aryl methyl sites for hydroxylation is 1. The average Bonchev–Trinajstić information content (AvgIpc) is 3.36. The quantitative estimate of drug-likeness (QED) is 0.827. The molecule has 2 N–H and O–H groups in total. The van der Waals surface area contributed by atoms with Crippen LogP contribution >= 0.6 is 0 Å². The summed E-state index contributed by atoms with van der Waals surface area (Å²) in [6.45, 7) is 2.29. The van der Waals surface area contributed by atoms with E-state index in [0.717, 1.165) is 24.5 Å². The van der Waals surface area contributed by atoms with Gasteiger partial charge in [0, 0.05) is 12.1 Å². The van der Waals surface area contributed by atoms with Gasteiger partial charge in [0.15, 0.2) is 0 Å². The van der Waals surface area contributed by atoms with Gasteiger partial charge in [-0.1, -0.05) is 29.8 Å². The molecule has 25 heavy (non-hydrogen) atoms. The van der Waals surface area contributed by atoms with Gasteiger partial charge in [-0.05, 0) is 31.7 Å². The number of halogens is 3. The summed E-state index contributed by atoms with van der Waals surface area (Å²) in [5.41, 5.74) is -0.458. The molecule has 4 nitrogen and oxygen atoms in total.